The van der Waals surface area contributed by atoms with E-state index in [1.54, 1.807) is 27.0 Å². The summed E-state index contributed by atoms with van der Waals surface area (Å²) in [6, 6.07) is 2.28. The molecule has 0 bridgehead atoms. The number of halogens is 2. The van der Waals surface area contributed by atoms with Crippen molar-refractivity contribution in [2.45, 2.75) is 89.5 Å². The lowest BCUT2D eigenvalue weighted by molar-refractivity contribution is 0.0417. The lowest BCUT2D eigenvalue weighted by Gasteiger charge is -2.28. The summed E-state index contributed by atoms with van der Waals surface area (Å²) in [7, 11) is 0. The fourth-order valence-corrected chi connectivity index (χ4v) is 3.60. The van der Waals surface area contributed by atoms with Crippen molar-refractivity contribution in [1.29, 1.82) is 0 Å². The molecule has 3 N–H and O–H groups in total. The van der Waals surface area contributed by atoms with Gasteiger partial charge in [0.05, 0.1) is 23.9 Å². The molecule has 7 nitrogen and oxygen atoms in total. The number of carbonyl (C=O) groups is 1. The summed E-state index contributed by atoms with van der Waals surface area (Å²) in [6.45, 7) is 11.4. The molecule has 1 amide bonds. The highest BCUT2D eigenvalue weighted by atomic mass is 19.1. The summed E-state index contributed by atoms with van der Waals surface area (Å²) in [5.41, 5.74) is -1.09. The molecule has 9 heteroatoms. The quantitative estimate of drug-likeness (QED) is 0.522. The van der Waals surface area contributed by atoms with Crippen LogP contribution < -0.4 is 10.6 Å². The van der Waals surface area contributed by atoms with Gasteiger partial charge in [0.2, 0.25) is 5.89 Å². The van der Waals surface area contributed by atoms with Crippen LogP contribution in [-0.2, 0) is 22.1 Å². The van der Waals surface area contributed by atoms with Gasteiger partial charge < -0.3 is 24.9 Å². The van der Waals surface area contributed by atoms with E-state index in [0.717, 1.165) is 24.7 Å². The zero-order chi connectivity index (χ0) is 25.3. The van der Waals surface area contributed by atoms with E-state index in [-0.39, 0.29) is 18.4 Å². The highest BCUT2D eigenvalue weighted by molar-refractivity contribution is 5.68. The number of alkyl carbamates (subject to hydrolysis) is 1. The molecule has 1 aliphatic rings. The molecule has 2 atom stereocenters. The number of aromatic nitrogens is 1. The van der Waals surface area contributed by atoms with Crippen molar-refractivity contribution in [2.75, 3.05) is 6.54 Å². The average molecular weight is 480 g/mol. The van der Waals surface area contributed by atoms with E-state index in [9.17, 15) is 18.7 Å². The predicted octanol–water partition coefficient (Wildman–Crippen LogP) is 4.33. The number of ether oxygens (including phenoxy) is 1. The summed E-state index contributed by atoms with van der Waals surface area (Å²) in [6.07, 6.45) is 1.52. The van der Waals surface area contributed by atoms with Crippen LogP contribution in [0, 0.1) is 11.6 Å². The third kappa shape index (κ3) is 6.99. The second-order valence-electron chi connectivity index (χ2n) is 11.0. The highest BCUT2D eigenvalue weighted by Crippen LogP contribution is 2.45. The molecule has 1 heterocycles. The first-order valence-corrected chi connectivity index (χ1v) is 11.5. The van der Waals surface area contributed by atoms with Crippen LogP contribution in [-0.4, -0.2) is 40.5 Å². The van der Waals surface area contributed by atoms with Gasteiger partial charge in [0, 0.05) is 18.0 Å². The molecule has 1 aromatic carbocycles. The Morgan fingerprint density at radius 2 is 1.79 bits per heavy atom. The Hall–Kier alpha value is -2.52. The van der Waals surface area contributed by atoms with Crippen LogP contribution in [0.2, 0.25) is 0 Å². The number of carbonyl (C=O) groups excluding carboxylic acids is 1. The summed E-state index contributed by atoms with van der Waals surface area (Å²) < 4.78 is 38.7. The molecule has 1 saturated carbocycles. The van der Waals surface area contributed by atoms with E-state index in [2.05, 4.69) is 15.6 Å². The number of rotatable bonds is 8. The number of benzene rings is 1. The van der Waals surface area contributed by atoms with Crippen LogP contribution in [0.25, 0.3) is 0 Å². The van der Waals surface area contributed by atoms with E-state index >= 15 is 0 Å². The smallest absolute Gasteiger partial charge is 0.407 e. The average Bonchev–Trinajstić information content (AvgIpc) is 3.27. The van der Waals surface area contributed by atoms with Gasteiger partial charge in [-0.3, -0.25) is 0 Å². The van der Waals surface area contributed by atoms with Crippen LogP contribution in [0.15, 0.2) is 28.8 Å². The van der Waals surface area contributed by atoms with Crippen LogP contribution in [0.4, 0.5) is 13.6 Å². The first-order chi connectivity index (χ1) is 15.7. The predicted molar refractivity (Wildman–Crippen MR) is 123 cm³/mol. The van der Waals surface area contributed by atoms with Gasteiger partial charge in [-0.15, -0.1) is 0 Å². The standard InChI is InChI=1S/C25H35F2N3O4/c1-23(2,3)20-14-28-21(33-20)25(7-8-25)29-13-19(31)18(30-22(32)34-24(4,5)6)11-15-9-16(26)12-17(27)10-15/h9-10,12,14,18-19,29,31H,7-8,11,13H2,1-6H3,(H,30,32). The number of aliphatic hydroxyl groups excluding tert-OH is 1. The van der Waals surface area contributed by atoms with Crippen molar-refractivity contribution in [1.82, 2.24) is 15.6 Å². The van der Waals surface area contributed by atoms with E-state index in [0.29, 0.717) is 11.5 Å². The maximum atomic E-state index is 13.7. The summed E-state index contributed by atoms with van der Waals surface area (Å²) in [5.74, 6) is -0.120. The van der Waals surface area contributed by atoms with Crippen LogP contribution >= 0.6 is 0 Å². The third-order valence-corrected chi connectivity index (χ3v) is 5.60. The molecule has 0 saturated heterocycles. The Kier molecular flexibility index (Phi) is 7.38. The van der Waals surface area contributed by atoms with Gasteiger partial charge in [0.1, 0.15) is 23.0 Å². The molecule has 3 rings (SSSR count). The molecule has 0 aliphatic heterocycles. The minimum Gasteiger partial charge on any atom is -0.444 e. The minimum absolute atomic E-state index is 0.0109. The molecule has 0 spiro atoms. The van der Waals surface area contributed by atoms with Crippen LogP contribution in [0.1, 0.15) is 71.6 Å². The van der Waals surface area contributed by atoms with E-state index in [4.69, 9.17) is 9.15 Å². The fraction of sp³-hybridized carbons (Fsp3) is 0.600. The summed E-state index contributed by atoms with van der Waals surface area (Å²) in [5, 5.41) is 16.9. The highest BCUT2D eigenvalue weighted by Gasteiger charge is 2.49. The van der Waals surface area contributed by atoms with Gasteiger partial charge in [-0.05, 0) is 57.7 Å². The fourth-order valence-electron chi connectivity index (χ4n) is 3.60. The number of amides is 1. The maximum absolute atomic E-state index is 13.7. The topological polar surface area (TPSA) is 96.6 Å². The Bertz CT molecular complexity index is 986. The van der Waals surface area contributed by atoms with Gasteiger partial charge in [-0.2, -0.15) is 0 Å². The van der Waals surface area contributed by atoms with E-state index in [1.807, 2.05) is 20.8 Å². The second-order valence-corrected chi connectivity index (χ2v) is 11.0. The molecule has 2 aromatic rings. The molecular weight excluding hydrogens is 444 g/mol. The number of aliphatic hydroxyl groups is 1. The normalized spacial score (nSPS) is 17.2. The first-order valence-electron chi connectivity index (χ1n) is 11.5. The molecule has 1 aliphatic carbocycles. The lowest BCUT2D eigenvalue weighted by Crippen LogP contribution is -2.51. The van der Waals surface area contributed by atoms with Crippen LogP contribution in [0.3, 0.4) is 0 Å². The first kappa shape index (κ1) is 26.1. The number of nitrogens with one attached hydrogen (secondary N) is 2. The minimum atomic E-state index is -1.08. The Balaban J connectivity index is 1.71. The largest absolute Gasteiger partial charge is 0.444 e. The van der Waals surface area contributed by atoms with E-state index in [1.165, 1.54) is 12.1 Å². The van der Waals surface area contributed by atoms with Crippen molar-refractivity contribution >= 4 is 6.09 Å². The third-order valence-electron chi connectivity index (χ3n) is 5.60. The summed E-state index contributed by atoms with van der Waals surface area (Å²) in [4.78, 5) is 16.8. The van der Waals surface area contributed by atoms with Crippen molar-refractivity contribution in [2.24, 2.45) is 0 Å². The monoisotopic (exact) mass is 479 g/mol. The SMILES string of the molecule is CC(C)(C)OC(=O)NC(Cc1cc(F)cc(F)c1)C(O)CNC1(c2ncc(C(C)(C)C)o2)CC1. The maximum Gasteiger partial charge on any atom is 0.407 e. The Morgan fingerprint density at radius 3 is 2.29 bits per heavy atom. The van der Waals surface area contributed by atoms with Gasteiger partial charge in [-0.25, -0.2) is 18.6 Å². The molecule has 1 fully saturated rings. The number of nitrogens with zero attached hydrogens (tertiary/aromatic N) is 1. The number of hydrogen-bond acceptors (Lipinski definition) is 6. The van der Waals surface area contributed by atoms with Crippen LogP contribution in [0.5, 0.6) is 0 Å². The number of hydrogen-bond donors (Lipinski definition) is 3. The van der Waals surface area contributed by atoms with Gasteiger partial charge >= 0.3 is 6.09 Å². The van der Waals surface area contributed by atoms with Gasteiger partial charge in [-0.1, -0.05) is 20.8 Å². The van der Waals surface area contributed by atoms with Crippen molar-refractivity contribution in [3.8, 4) is 0 Å². The zero-order valence-corrected chi connectivity index (χ0v) is 20.7. The Labute approximate surface area is 199 Å². The molecule has 34 heavy (non-hydrogen) atoms. The molecule has 0 radical (unpaired) electrons. The van der Waals surface area contributed by atoms with E-state index < -0.39 is 41.0 Å². The second kappa shape index (κ2) is 9.62. The Morgan fingerprint density at radius 1 is 1.18 bits per heavy atom. The lowest BCUT2D eigenvalue weighted by atomic mass is 9.94. The van der Waals surface area contributed by atoms with Crippen molar-refractivity contribution in [3.05, 3.63) is 53.2 Å². The zero-order valence-electron chi connectivity index (χ0n) is 20.7. The van der Waals surface area contributed by atoms with Crippen molar-refractivity contribution < 1.29 is 27.8 Å². The van der Waals surface area contributed by atoms with Gasteiger partial charge in [0.15, 0.2) is 0 Å². The van der Waals surface area contributed by atoms with Gasteiger partial charge in [0.25, 0.3) is 0 Å². The molecule has 2 unspecified atom stereocenters. The molecule has 188 valence electrons. The van der Waals surface area contributed by atoms with Crippen molar-refractivity contribution in [3.63, 3.8) is 0 Å². The molecule has 1 aromatic heterocycles. The molecular formula is C25H35F2N3O4. The number of oxazole rings is 1. The summed E-state index contributed by atoms with van der Waals surface area (Å²) >= 11 is 0.